The number of nitrogens with zero attached hydrogens (tertiary/aromatic N) is 1. The van der Waals surface area contributed by atoms with E-state index in [1.165, 1.54) is 12.3 Å². The second-order valence-corrected chi connectivity index (χ2v) is 5.19. The van der Waals surface area contributed by atoms with Crippen molar-refractivity contribution in [1.82, 2.24) is 4.98 Å². The fraction of sp³-hybridized carbons (Fsp3) is 0.278. The maximum atomic E-state index is 12.5. The Morgan fingerprint density at radius 1 is 1.23 bits per heavy atom. The van der Waals surface area contributed by atoms with Gasteiger partial charge in [0.2, 0.25) is 0 Å². The summed E-state index contributed by atoms with van der Waals surface area (Å²) in [5.74, 6) is -0.192. The first kappa shape index (κ1) is 21.4. The Morgan fingerprint density at radius 2 is 1.92 bits per heavy atom. The second-order valence-electron chi connectivity index (χ2n) is 5.19. The third kappa shape index (κ3) is 5.72. The molecule has 0 spiro atoms. The van der Waals surface area contributed by atoms with Gasteiger partial charge in [-0.05, 0) is 44.2 Å². The molecule has 0 aliphatic rings. The monoisotopic (exact) mass is 379 g/mol. The quantitative estimate of drug-likeness (QED) is 0.716. The van der Waals surface area contributed by atoms with E-state index in [0.29, 0.717) is 35.8 Å². The normalized spacial score (nSPS) is 9.81. The molecular weight excluding hydrogens is 358 g/mol. The molecule has 1 amide bonds. The lowest BCUT2D eigenvalue weighted by molar-refractivity contribution is 0.0526. The summed E-state index contributed by atoms with van der Waals surface area (Å²) in [5, 5.41) is 2.77. The molecule has 2 aromatic rings. The summed E-state index contributed by atoms with van der Waals surface area (Å²) in [4.78, 5) is 28.4. The Kier molecular flexibility index (Phi) is 8.54. The van der Waals surface area contributed by atoms with Gasteiger partial charge in [-0.3, -0.25) is 9.78 Å². The van der Waals surface area contributed by atoms with E-state index >= 15 is 0 Å². The largest absolute Gasteiger partial charge is 0.492 e. The number of nitrogens with two attached hydrogens (primary N) is 1. The lowest BCUT2D eigenvalue weighted by atomic mass is 10.1. The number of pyridine rings is 1. The van der Waals surface area contributed by atoms with E-state index < -0.39 is 5.97 Å². The standard InChI is InChI=1S/C18H21N3O4.ClH/c1-3-24-18(23)13-10-16(12(2)20-11-13)17(22)21-14-4-6-15(7-5-14)25-9-8-19;/h4-7,10-11H,3,8-9,19H2,1-2H3,(H,21,22);1H. The minimum atomic E-state index is -0.509. The number of amides is 1. The average Bonchev–Trinajstić information content (AvgIpc) is 2.61. The molecule has 1 heterocycles. The molecule has 0 atom stereocenters. The fourth-order valence-electron chi connectivity index (χ4n) is 2.10. The summed E-state index contributed by atoms with van der Waals surface area (Å²) in [6.45, 7) is 4.53. The van der Waals surface area contributed by atoms with Crippen molar-refractivity contribution in [3.05, 3.63) is 53.3 Å². The van der Waals surface area contributed by atoms with Crippen LogP contribution in [0.5, 0.6) is 5.75 Å². The van der Waals surface area contributed by atoms with Gasteiger partial charge >= 0.3 is 5.97 Å². The van der Waals surface area contributed by atoms with Crippen LogP contribution in [0.15, 0.2) is 36.5 Å². The Morgan fingerprint density at radius 3 is 2.54 bits per heavy atom. The van der Waals surface area contributed by atoms with Crippen LogP contribution >= 0.6 is 12.4 Å². The zero-order valence-electron chi connectivity index (χ0n) is 14.7. The van der Waals surface area contributed by atoms with Gasteiger partial charge in [0.1, 0.15) is 12.4 Å². The van der Waals surface area contributed by atoms with Gasteiger partial charge in [0.25, 0.3) is 5.91 Å². The van der Waals surface area contributed by atoms with Crippen molar-refractivity contribution in [2.24, 2.45) is 5.73 Å². The van der Waals surface area contributed by atoms with E-state index in [1.807, 2.05) is 0 Å². The molecule has 1 aromatic carbocycles. The summed E-state index contributed by atoms with van der Waals surface area (Å²) < 4.78 is 10.3. The molecular formula is C18H22ClN3O4. The van der Waals surface area contributed by atoms with Crippen LogP contribution in [0, 0.1) is 6.92 Å². The summed E-state index contributed by atoms with van der Waals surface area (Å²) in [6, 6.07) is 8.41. The first-order chi connectivity index (χ1) is 12.0. The molecule has 0 aliphatic carbocycles. The smallest absolute Gasteiger partial charge is 0.339 e. The Hall–Kier alpha value is -2.64. The van der Waals surface area contributed by atoms with Crippen LogP contribution in [-0.2, 0) is 4.74 Å². The molecule has 26 heavy (non-hydrogen) atoms. The van der Waals surface area contributed by atoms with Gasteiger partial charge in [0.15, 0.2) is 0 Å². The first-order valence-electron chi connectivity index (χ1n) is 7.93. The molecule has 2 rings (SSSR count). The van der Waals surface area contributed by atoms with E-state index in [-0.39, 0.29) is 30.5 Å². The predicted octanol–water partition coefficient (Wildman–Crippen LogP) is 2.58. The lowest BCUT2D eigenvalue weighted by Gasteiger charge is -2.10. The predicted molar refractivity (Wildman–Crippen MR) is 101 cm³/mol. The summed E-state index contributed by atoms with van der Waals surface area (Å²) in [6.07, 6.45) is 1.40. The van der Waals surface area contributed by atoms with Crippen molar-refractivity contribution in [3.8, 4) is 5.75 Å². The number of halogens is 1. The molecule has 8 heteroatoms. The number of ether oxygens (including phenoxy) is 2. The van der Waals surface area contributed by atoms with Crippen LogP contribution in [0.25, 0.3) is 0 Å². The molecule has 7 nitrogen and oxygen atoms in total. The van der Waals surface area contributed by atoms with Crippen LogP contribution in [0.2, 0.25) is 0 Å². The molecule has 140 valence electrons. The molecule has 0 aliphatic heterocycles. The van der Waals surface area contributed by atoms with Crippen molar-refractivity contribution in [2.45, 2.75) is 13.8 Å². The molecule has 1 aromatic heterocycles. The number of benzene rings is 1. The fourth-order valence-corrected chi connectivity index (χ4v) is 2.10. The van der Waals surface area contributed by atoms with Gasteiger partial charge in [-0.2, -0.15) is 0 Å². The highest BCUT2D eigenvalue weighted by Gasteiger charge is 2.15. The van der Waals surface area contributed by atoms with Gasteiger partial charge in [0.05, 0.1) is 23.4 Å². The SMILES string of the molecule is CCOC(=O)c1cnc(C)c(C(=O)Nc2ccc(OCCN)cc2)c1.Cl. The summed E-state index contributed by atoms with van der Waals surface area (Å²) >= 11 is 0. The van der Waals surface area contributed by atoms with Crippen molar-refractivity contribution >= 4 is 30.0 Å². The number of carbonyl (C=O) groups excluding carboxylic acids is 2. The second kappa shape index (κ2) is 10.4. The molecule has 0 bridgehead atoms. The molecule has 0 saturated heterocycles. The zero-order valence-corrected chi connectivity index (χ0v) is 15.5. The molecule has 0 radical (unpaired) electrons. The number of nitrogens with one attached hydrogen (secondary N) is 1. The highest BCUT2D eigenvalue weighted by Crippen LogP contribution is 2.17. The van der Waals surface area contributed by atoms with Crippen LogP contribution in [-0.4, -0.2) is 36.6 Å². The lowest BCUT2D eigenvalue weighted by Crippen LogP contribution is -2.16. The van der Waals surface area contributed by atoms with Gasteiger partial charge in [-0.15, -0.1) is 12.4 Å². The van der Waals surface area contributed by atoms with Gasteiger partial charge in [-0.25, -0.2) is 4.79 Å². The van der Waals surface area contributed by atoms with Gasteiger partial charge < -0.3 is 20.5 Å². The van der Waals surface area contributed by atoms with Crippen LogP contribution in [0.3, 0.4) is 0 Å². The summed E-state index contributed by atoms with van der Waals surface area (Å²) in [7, 11) is 0. The number of anilines is 1. The van der Waals surface area contributed by atoms with Crippen LogP contribution < -0.4 is 15.8 Å². The van der Waals surface area contributed by atoms with Gasteiger partial charge in [-0.1, -0.05) is 0 Å². The van der Waals surface area contributed by atoms with Gasteiger partial charge in [0, 0.05) is 18.4 Å². The number of aryl methyl sites for hydroxylation is 1. The number of rotatable bonds is 7. The highest BCUT2D eigenvalue weighted by atomic mass is 35.5. The van der Waals surface area contributed by atoms with Crippen LogP contribution in [0.4, 0.5) is 5.69 Å². The van der Waals surface area contributed by atoms with Crippen molar-refractivity contribution < 1.29 is 19.1 Å². The first-order valence-corrected chi connectivity index (χ1v) is 7.93. The van der Waals surface area contributed by atoms with Crippen molar-refractivity contribution in [3.63, 3.8) is 0 Å². The minimum Gasteiger partial charge on any atom is -0.492 e. The molecule has 0 fully saturated rings. The van der Waals surface area contributed by atoms with E-state index in [4.69, 9.17) is 15.2 Å². The maximum Gasteiger partial charge on any atom is 0.339 e. The van der Waals surface area contributed by atoms with E-state index in [9.17, 15) is 9.59 Å². The Labute approximate surface area is 158 Å². The van der Waals surface area contributed by atoms with E-state index in [1.54, 1.807) is 38.1 Å². The number of aromatic nitrogens is 1. The summed E-state index contributed by atoms with van der Waals surface area (Å²) in [5.41, 5.74) is 7.06. The Bertz CT molecular complexity index is 751. The minimum absolute atomic E-state index is 0. The Balaban J connectivity index is 0.00000338. The zero-order chi connectivity index (χ0) is 18.2. The number of hydrogen-bond donors (Lipinski definition) is 2. The van der Waals surface area contributed by atoms with Crippen LogP contribution in [0.1, 0.15) is 33.3 Å². The molecule has 0 unspecified atom stereocenters. The number of hydrogen-bond acceptors (Lipinski definition) is 6. The number of carbonyl (C=O) groups is 2. The number of esters is 1. The van der Waals surface area contributed by atoms with E-state index in [0.717, 1.165) is 0 Å². The topological polar surface area (TPSA) is 104 Å². The molecule has 0 saturated carbocycles. The molecule has 3 N–H and O–H groups in total. The average molecular weight is 380 g/mol. The van der Waals surface area contributed by atoms with Crippen molar-refractivity contribution in [1.29, 1.82) is 0 Å². The van der Waals surface area contributed by atoms with E-state index in [2.05, 4.69) is 10.3 Å². The third-order valence-electron chi connectivity index (χ3n) is 3.34. The van der Waals surface area contributed by atoms with Crippen molar-refractivity contribution in [2.75, 3.05) is 25.1 Å². The highest BCUT2D eigenvalue weighted by molar-refractivity contribution is 6.06. The maximum absolute atomic E-state index is 12.5. The third-order valence-corrected chi connectivity index (χ3v) is 3.34.